The Kier molecular flexibility index (Phi) is 4.51. The van der Waals surface area contributed by atoms with Crippen LogP contribution in [0.2, 0.25) is 0 Å². The SMILES string of the molecule is CCCN(CCC)c1ccccc1C. The number of para-hydroxylation sites is 1. The van der Waals surface area contributed by atoms with Crippen molar-refractivity contribution in [2.45, 2.75) is 33.6 Å². The van der Waals surface area contributed by atoms with Crippen LogP contribution in [0.15, 0.2) is 24.3 Å². The highest BCUT2D eigenvalue weighted by Gasteiger charge is 2.05. The van der Waals surface area contributed by atoms with Crippen LogP contribution in [-0.4, -0.2) is 13.1 Å². The van der Waals surface area contributed by atoms with Crippen LogP contribution >= 0.6 is 0 Å². The highest BCUT2D eigenvalue weighted by Crippen LogP contribution is 2.19. The van der Waals surface area contributed by atoms with Crippen molar-refractivity contribution in [3.8, 4) is 0 Å². The maximum Gasteiger partial charge on any atom is 0.0395 e. The average molecular weight is 191 g/mol. The van der Waals surface area contributed by atoms with E-state index in [4.69, 9.17) is 0 Å². The lowest BCUT2D eigenvalue weighted by atomic mass is 10.1. The molecule has 0 N–H and O–H groups in total. The van der Waals surface area contributed by atoms with Crippen molar-refractivity contribution in [3.05, 3.63) is 29.8 Å². The number of hydrogen-bond donors (Lipinski definition) is 0. The molecule has 14 heavy (non-hydrogen) atoms. The molecule has 1 rings (SSSR count). The van der Waals surface area contributed by atoms with Gasteiger partial charge >= 0.3 is 0 Å². The average Bonchev–Trinajstić information content (AvgIpc) is 2.18. The molecule has 0 heterocycles. The van der Waals surface area contributed by atoms with Crippen molar-refractivity contribution in [1.29, 1.82) is 0 Å². The summed E-state index contributed by atoms with van der Waals surface area (Å²) in [5.41, 5.74) is 2.78. The van der Waals surface area contributed by atoms with Gasteiger partial charge in [0.25, 0.3) is 0 Å². The molecule has 0 aliphatic rings. The van der Waals surface area contributed by atoms with Gasteiger partial charge in [-0.2, -0.15) is 0 Å². The molecule has 0 radical (unpaired) electrons. The van der Waals surface area contributed by atoms with E-state index in [1.54, 1.807) is 0 Å². The first-order valence-corrected chi connectivity index (χ1v) is 5.60. The molecule has 0 bridgehead atoms. The summed E-state index contributed by atoms with van der Waals surface area (Å²) >= 11 is 0. The van der Waals surface area contributed by atoms with Crippen molar-refractivity contribution in [3.63, 3.8) is 0 Å². The first kappa shape index (κ1) is 11.1. The Bertz CT molecular complexity index is 262. The lowest BCUT2D eigenvalue weighted by Crippen LogP contribution is -2.25. The van der Waals surface area contributed by atoms with E-state index in [9.17, 15) is 0 Å². The van der Waals surface area contributed by atoms with Crippen molar-refractivity contribution in [1.82, 2.24) is 0 Å². The van der Waals surface area contributed by atoms with E-state index in [0.717, 1.165) is 0 Å². The number of anilines is 1. The van der Waals surface area contributed by atoms with Crippen LogP contribution in [0.1, 0.15) is 32.3 Å². The summed E-state index contributed by atoms with van der Waals surface area (Å²) in [4.78, 5) is 2.48. The summed E-state index contributed by atoms with van der Waals surface area (Å²) in [7, 11) is 0. The zero-order valence-corrected chi connectivity index (χ0v) is 9.59. The summed E-state index contributed by atoms with van der Waals surface area (Å²) in [6, 6.07) is 8.64. The maximum atomic E-state index is 2.48. The number of nitrogens with zero attached hydrogens (tertiary/aromatic N) is 1. The minimum Gasteiger partial charge on any atom is -0.371 e. The zero-order valence-electron chi connectivity index (χ0n) is 9.59. The molecule has 0 fully saturated rings. The molecule has 0 spiro atoms. The number of rotatable bonds is 5. The van der Waals surface area contributed by atoms with E-state index < -0.39 is 0 Å². The van der Waals surface area contributed by atoms with E-state index >= 15 is 0 Å². The predicted octanol–water partition coefficient (Wildman–Crippen LogP) is 3.62. The van der Waals surface area contributed by atoms with Crippen LogP contribution in [0.25, 0.3) is 0 Å². The van der Waals surface area contributed by atoms with Gasteiger partial charge < -0.3 is 4.90 Å². The molecule has 1 heteroatoms. The van der Waals surface area contributed by atoms with E-state index in [0.29, 0.717) is 0 Å². The number of hydrogen-bond acceptors (Lipinski definition) is 1. The summed E-state index contributed by atoms with van der Waals surface area (Å²) in [5, 5.41) is 0. The lowest BCUT2D eigenvalue weighted by molar-refractivity contribution is 0.743. The molecule has 0 saturated carbocycles. The second-order valence-electron chi connectivity index (χ2n) is 3.77. The van der Waals surface area contributed by atoms with Crippen LogP contribution in [0.3, 0.4) is 0 Å². The lowest BCUT2D eigenvalue weighted by Gasteiger charge is -2.25. The highest BCUT2D eigenvalue weighted by atomic mass is 15.1. The van der Waals surface area contributed by atoms with Crippen LogP contribution in [0, 0.1) is 6.92 Å². The Morgan fingerprint density at radius 2 is 1.57 bits per heavy atom. The fraction of sp³-hybridized carbons (Fsp3) is 0.538. The molecule has 0 aromatic heterocycles. The Labute approximate surface area is 87.7 Å². The normalized spacial score (nSPS) is 10.2. The minimum absolute atomic E-state index is 1.17. The van der Waals surface area contributed by atoms with E-state index in [-0.39, 0.29) is 0 Å². The van der Waals surface area contributed by atoms with Gasteiger partial charge in [-0.15, -0.1) is 0 Å². The third-order valence-corrected chi connectivity index (χ3v) is 2.44. The van der Waals surface area contributed by atoms with Gasteiger partial charge in [-0.3, -0.25) is 0 Å². The molecule has 0 aliphatic heterocycles. The van der Waals surface area contributed by atoms with Gasteiger partial charge in [-0.25, -0.2) is 0 Å². The molecule has 1 nitrogen and oxygen atoms in total. The van der Waals surface area contributed by atoms with Gasteiger partial charge in [0.05, 0.1) is 0 Å². The van der Waals surface area contributed by atoms with Crippen molar-refractivity contribution in [2.75, 3.05) is 18.0 Å². The number of aryl methyl sites for hydroxylation is 1. The molecule has 1 aromatic rings. The summed E-state index contributed by atoms with van der Waals surface area (Å²) in [5.74, 6) is 0. The zero-order chi connectivity index (χ0) is 10.4. The van der Waals surface area contributed by atoms with Crippen LogP contribution in [0.5, 0.6) is 0 Å². The third-order valence-electron chi connectivity index (χ3n) is 2.44. The minimum atomic E-state index is 1.17. The summed E-state index contributed by atoms with van der Waals surface area (Å²) in [6.07, 6.45) is 2.43. The molecular formula is C13H21N. The van der Waals surface area contributed by atoms with Crippen molar-refractivity contribution >= 4 is 5.69 Å². The van der Waals surface area contributed by atoms with E-state index in [1.807, 2.05) is 0 Å². The van der Waals surface area contributed by atoms with E-state index in [2.05, 4.69) is 49.9 Å². The highest BCUT2D eigenvalue weighted by molar-refractivity contribution is 5.52. The standard InChI is InChI=1S/C13H21N/c1-4-10-14(11-5-2)13-9-7-6-8-12(13)3/h6-9H,4-5,10-11H2,1-3H3. The third kappa shape index (κ3) is 2.76. The van der Waals surface area contributed by atoms with Crippen LogP contribution in [-0.2, 0) is 0 Å². The number of benzene rings is 1. The molecule has 1 aromatic carbocycles. The summed E-state index contributed by atoms with van der Waals surface area (Å²) < 4.78 is 0. The van der Waals surface area contributed by atoms with Gasteiger partial charge in [0.1, 0.15) is 0 Å². The molecule has 0 unspecified atom stereocenters. The molecule has 0 saturated heterocycles. The molecular weight excluding hydrogens is 170 g/mol. The van der Waals surface area contributed by atoms with Crippen LogP contribution < -0.4 is 4.90 Å². The Morgan fingerprint density at radius 3 is 2.07 bits per heavy atom. The molecule has 78 valence electrons. The van der Waals surface area contributed by atoms with Gasteiger partial charge in [-0.05, 0) is 31.4 Å². The van der Waals surface area contributed by atoms with Gasteiger partial charge in [0, 0.05) is 18.8 Å². The monoisotopic (exact) mass is 191 g/mol. The largest absolute Gasteiger partial charge is 0.371 e. The van der Waals surface area contributed by atoms with Gasteiger partial charge in [0.15, 0.2) is 0 Å². The maximum absolute atomic E-state index is 2.48. The van der Waals surface area contributed by atoms with Crippen LogP contribution in [0.4, 0.5) is 5.69 Å². The smallest absolute Gasteiger partial charge is 0.0395 e. The molecule has 0 amide bonds. The Balaban J connectivity index is 2.81. The quantitative estimate of drug-likeness (QED) is 0.687. The van der Waals surface area contributed by atoms with E-state index in [1.165, 1.54) is 37.2 Å². The van der Waals surface area contributed by atoms with Crippen molar-refractivity contribution < 1.29 is 0 Å². The first-order chi connectivity index (χ1) is 6.79. The van der Waals surface area contributed by atoms with Gasteiger partial charge in [-0.1, -0.05) is 32.0 Å². The Hall–Kier alpha value is -0.980. The second kappa shape index (κ2) is 5.69. The topological polar surface area (TPSA) is 3.24 Å². The van der Waals surface area contributed by atoms with Crippen molar-refractivity contribution in [2.24, 2.45) is 0 Å². The fourth-order valence-electron chi connectivity index (χ4n) is 1.81. The predicted molar refractivity (Wildman–Crippen MR) is 64.0 cm³/mol. The fourth-order valence-corrected chi connectivity index (χ4v) is 1.81. The van der Waals surface area contributed by atoms with Gasteiger partial charge in [0.2, 0.25) is 0 Å². The summed E-state index contributed by atoms with van der Waals surface area (Å²) in [6.45, 7) is 8.99. The molecule has 0 atom stereocenters. The second-order valence-corrected chi connectivity index (χ2v) is 3.77. The first-order valence-electron chi connectivity index (χ1n) is 5.60. The molecule has 0 aliphatic carbocycles. The Morgan fingerprint density at radius 1 is 1.00 bits per heavy atom.